The molecule has 2 aromatic heterocycles. The van der Waals surface area contributed by atoms with Gasteiger partial charge in [-0.3, -0.25) is 0 Å². The molecule has 0 bridgehead atoms. The van der Waals surface area contributed by atoms with Crippen LogP contribution in [0, 0.1) is 18.8 Å². The number of pyridine rings is 1. The molecular formula is C61H65N4OPt-3. The Hall–Kier alpha value is -5.64. The number of hydrogen-bond donors (Lipinski definition) is 0. The fourth-order valence-electron chi connectivity index (χ4n) is 9.18. The fraction of sp³-hybridized carbons (Fsp3) is 0.311. The molecule has 5 nitrogen and oxygen atoms in total. The van der Waals surface area contributed by atoms with Crippen LogP contribution in [-0.2, 0) is 48.1 Å². The van der Waals surface area contributed by atoms with E-state index in [1.165, 1.54) is 22.3 Å². The second kappa shape index (κ2) is 17.1. The number of benzene rings is 6. The first-order valence-electron chi connectivity index (χ1n) is 23.5. The van der Waals surface area contributed by atoms with Gasteiger partial charge in [0.25, 0.3) is 0 Å². The second-order valence-electron chi connectivity index (χ2n) is 22.9. The Morgan fingerprint density at radius 1 is 0.507 bits per heavy atom. The topological polar surface area (TPSA) is 33.5 Å². The zero-order chi connectivity index (χ0) is 47.1. The van der Waals surface area contributed by atoms with Gasteiger partial charge in [-0.25, -0.2) is 4.98 Å². The minimum Gasteiger partial charge on any atom is -0.509 e. The number of ether oxygens (including phenoxy) is 1. The average molecular weight is 1070 g/mol. The standard InChI is InChI=1S/C61H65N4O.Pt/c1-57(2,3)41-28-29-62-55(35-41)65-51-25-19-18-24-49(51)56-50(61(13,14)40-22-16-15-17-23-40)37-48(38-54(56)65)66-47-34-44(60(10,11)12)33-46(36-47)64-39-63(52-26-20-21-27-53(52)64)45-31-42(58(4,5)6)30-43(32-45)59(7,8)9;/h15-35,37,39H,1-14H3;/q-3;. The smallest absolute Gasteiger partial charge is 0.135 e. The summed E-state index contributed by atoms with van der Waals surface area (Å²) in [4.78, 5) is 9.61. The molecule has 0 saturated carbocycles. The summed E-state index contributed by atoms with van der Waals surface area (Å²) in [6.07, 6.45) is 1.93. The summed E-state index contributed by atoms with van der Waals surface area (Å²) in [6, 6.07) is 53.7. The zero-order valence-corrected chi connectivity index (χ0v) is 44.1. The van der Waals surface area contributed by atoms with Crippen LogP contribution in [0.4, 0.5) is 22.7 Å². The summed E-state index contributed by atoms with van der Waals surface area (Å²) in [7, 11) is 0. The number of hydrogen-bond acceptors (Lipinski definition) is 4. The first-order valence-corrected chi connectivity index (χ1v) is 23.5. The fourth-order valence-corrected chi connectivity index (χ4v) is 9.18. The van der Waals surface area contributed by atoms with Gasteiger partial charge in [0, 0.05) is 61.3 Å². The van der Waals surface area contributed by atoms with Gasteiger partial charge in [-0.05, 0) is 97.2 Å². The Bertz CT molecular complexity index is 3080. The van der Waals surface area contributed by atoms with Gasteiger partial charge in [0.15, 0.2) is 0 Å². The number of rotatable bonds is 7. The molecule has 1 aliphatic heterocycles. The zero-order valence-electron chi connectivity index (χ0n) is 41.8. The van der Waals surface area contributed by atoms with E-state index in [4.69, 9.17) is 9.72 Å². The predicted octanol–water partition coefficient (Wildman–Crippen LogP) is 16.5. The minimum absolute atomic E-state index is 0. The minimum atomic E-state index is -0.403. The van der Waals surface area contributed by atoms with E-state index in [-0.39, 0.29) is 42.7 Å². The molecule has 348 valence electrons. The molecule has 3 heterocycles. The van der Waals surface area contributed by atoms with Crippen LogP contribution in [0.15, 0.2) is 134 Å². The van der Waals surface area contributed by atoms with Crippen LogP contribution < -0.4 is 14.5 Å². The summed E-state index contributed by atoms with van der Waals surface area (Å²) >= 11 is 0. The van der Waals surface area contributed by atoms with Crippen LogP contribution in [0.3, 0.4) is 0 Å². The molecule has 6 heteroatoms. The molecule has 1 aliphatic rings. The summed E-state index contributed by atoms with van der Waals surface area (Å²) in [5.41, 5.74) is 12.9. The van der Waals surface area contributed by atoms with Crippen molar-refractivity contribution < 1.29 is 25.8 Å². The molecule has 8 aromatic rings. The van der Waals surface area contributed by atoms with Crippen LogP contribution in [-0.4, -0.2) is 9.55 Å². The van der Waals surface area contributed by atoms with E-state index in [0.29, 0.717) is 11.5 Å². The van der Waals surface area contributed by atoms with E-state index in [9.17, 15) is 0 Å². The van der Waals surface area contributed by atoms with Crippen LogP contribution in [0.5, 0.6) is 11.5 Å². The van der Waals surface area contributed by atoms with E-state index in [2.05, 4.69) is 257 Å². The number of aromatic nitrogens is 2. The molecule has 0 fully saturated rings. The molecular weight excluding hydrogens is 1000 g/mol. The monoisotopic (exact) mass is 1060 g/mol. The SMILES string of the molecule is CC(C)(C)c1cc(Oc2[c-]c3c(c(C(C)(C)c4ccccc4)c2)c2ccccc2n3-c2cc(C(C)(C)C)ccn2)[c-]c(N2[CH-]N(c3cc(C(C)(C)C)cc(C(C)(C)C)c3)c3ccccc32)c1.[Pt]. The number of nitrogens with zero attached hydrogens (tertiary/aromatic N) is 4. The average Bonchev–Trinajstić information content (AvgIpc) is 3.81. The van der Waals surface area contributed by atoms with Gasteiger partial charge in [-0.15, -0.1) is 53.8 Å². The molecule has 0 amide bonds. The Kier molecular flexibility index (Phi) is 12.2. The van der Waals surface area contributed by atoms with Crippen LogP contribution in [0.25, 0.3) is 27.6 Å². The van der Waals surface area contributed by atoms with Crippen molar-refractivity contribution in [3.05, 3.63) is 186 Å². The molecule has 0 N–H and O–H groups in total. The van der Waals surface area contributed by atoms with Crippen molar-refractivity contribution >= 4 is 44.6 Å². The van der Waals surface area contributed by atoms with Crippen molar-refractivity contribution in [2.24, 2.45) is 0 Å². The van der Waals surface area contributed by atoms with E-state index in [0.717, 1.165) is 61.5 Å². The first-order chi connectivity index (χ1) is 31.0. The molecule has 9 rings (SSSR count). The van der Waals surface area contributed by atoms with Gasteiger partial charge >= 0.3 is 0 Å². The predicted molar refractivity (Wildman–Crippen MR) is 278 cm³/mol. The van der Waals surface area contributed by atoms with Gasteiger partial charge in [0.2, 0.25) is 0 Å². The van der Waals surface area contributed by atoms with Crippen molar-refractivity contribution in [3.63, 3.8) is 0 Å². The molecule has 0 atom stereocenters. The third-order valence-corrected chi connectivity index (χ3v) is 13.4. The summed E-state index contributed by atoms with van der Waals surface area (Å²) in [5, 5.41) is 2.28. The van der Waals surface area contributed by atoms with Crippen molar-refractivity contribution in [1.82, 2.24) is 9.55 Å². The molecule has 0 unspecified atom stereocenters. The Balaban J connectivity index is 0.00000608. The van der Waals surface area contributed by atoms with E-state index in [1.807, 2.05) is 6.20 Å². The third-order valence-electron chi connectivity index (χ3n) is 13.4. The van der Waals surface area contributed by atoms with E-state index in [1.54, 1.807) is 0 Å². The maximum atomic E-state index is 7.17. The van der Waals surface area contributed by atoms with Gasteiger partial charge in [-0.1, -0.05) is 175 Å². The van der Waals surface area contributed by atoms with E-state index < -0.39 is 5.41 Å². The molecule has 0 aliphatic carbocycles. The molecule has 0 spiro atoms. The number of fused-ring (bicyclic) bond motifs is 4. The van der Waals surface area contributed by atoms with Crippen LogP contribution in [0.1, 0.15) is 130 Å². The first kappa shape index (κ1) is 47.8. The van der Waals surface area contributed by atoms with Gasteiger partial charge in [0.1, 0.15) is 5.82 Å². The molecule has 67 heavy (non-hydrogen) atoms. The van der Waals surface area contributed by atoms with Crippen LogP contribution >= 0.6 is 0 Å². The number of para-hydroxylation sites is 3. The largest absolute Gasteiger partial charge is 0.509 e. The normalized spacial score (nSPS) is 13.6. The quantitative estimate of drug-likeness (QED) is 0.149. The van der Waals surface area contributed by atoms with Crippen molar-refractivity contribution in [1.29, 1.82) is 0 Å². The van der Waals surface area contributed by atoms with Gasteiger partial charge in [0.05, 0.1) is 0 Å². The van der Waals surface area contributed by atoms with Crippen molar-refractivity contribution in [3.8, 4) is 17.3 Å². The summed E-state index contributed by atoms with van der Waals surface area (Å²) in [6.45, 7) is 34.1. The Morgan fingerprint density at radius 2 is 1.06 bits per heavy atom. The second-order valence-corrected chi connectivity index (χ2v) is 22.9. The summed E-state index contributed by atoms with van der Waals surface area (Å²) in [5.74, 6) is 2.09. The molecule has 0 saturated heterocycles. The van der Waals surface area contributed by atoms with Crippen LogP contribution in [0.2, 0.25) is 0 Å². The van der Waals surface area contributed by atoms with Crippen molar-refractivity contribution in [2.45, 2.75) is 124 Å². The Morgan fingerprint density at radius 3 is 1.69 bits per heavy atom. The maximum absolute atomic E-state index is 7.17. The Labute approximate surface area is 414 Å². The third kappa shape index (κ3) is 9.09. The summed E-state index contributed by atoms with van der Waals surface area (Å²) < 4.78 is 9.43. The molecule has 6 aromatic carbocycles. The van der Waals surface area contributed by atoms with E-state index >= 15 is 0 Å². The van der Waals surface area contributed by atoms with Crippen molar-refractivity contribution in [2.75, 3.05) is 9.80 Å². The molecule has 0 radical (unpaired) electrons. The van der Waals surface area contributed by atoms with Gasteiger partial charge < -0.3 is 19.1 Å². The van der Waals surface area contributed by atoms with Gasteiger partial charge in [-0.2, -0.15) is 0 Å². The number of anilines is 4. The maximum Gasteiger partial charge on any atom is 0.135 e.